The summed E-state index contributed by atoms with van der Waals surface area (Å²) in [5.74, 6) is -3.08. The number of hydrogen-bond donors (Lipinski definition) is 4. The van der Waals surface area contributed by atoms with E-state index in [1.165, 1.54) is 24.1 Å². The molecule has 5 saturated heterocycles. The molecule has 4 N–H and O–H groups in total. The van der Waals surface area contributed by atoms with E-state index in [2.05, 4.69) is 10.2 Å². The van der Waals surface area contributed by atoms with Crippen LogP contribution in [0, 0.1) is 0 Å². The number of hydrogen-bond acceptors (Lipinski definition) is 15. The summed E-state index contributed by atoms with van der Waals surface area (Å²) in [4.78, 5) is 46.0. The van der Waals surface area contributed by atoms with E-state index in [0.29, 0.717) is 39.3 Å². The van der Waals surface area contributed by atoms with Crippen LogP contribution in [0.25, 0.3) is 0 Å². The summed E-state index contributed by atoms with van der Waals surface area (Å²) >= 11 is 0. The Morgan fingerprint density at radius 2 is 1.83 bits per heavy atom. The maximum absolute atomic E-state index is 14.2. The molecule has 5 heterocycles. The number of ketones is 2. The van der Waals surface area contributed by atoms with E-state index in [1.807, 2.05) is 6.92 Å². The topological polar surface area (TPSA) is 195 Å². The lowest BCUT2D eigenvalue weighted by molar-refractivity contribution is -0.256. The molecule has 1 amide bonds. The predicted octanol–water partition coefficient (Wildman–Crippen LogP) is 0.351. The fourth-order valence-electron chi connectivity index (χ4n) is 9.49. The fourth-order valence-corrected chi connectivity index (χ4v) is 9.49. The largest absolute Gasteiger partial charge is 0.507 e. The van der Waals surface area contributed by atoms with E-state index < -0.39 is 88.7 Å². The number of methoxy groups -OCH3 is 2. The minimum absolute atomic E-state index is 0.00265. The number of carbonyl (C=O) groups is 3. The molecular formula is C37H43N3O13. The number of phenolic OH excluding ortho intramolecular Hbond substituents is 2. The highest BCUT2D eigenvalue weighted by molar-refractivity contribution is 6.31. The highest BCUT2D eigenvalue weighted by Gasteiger charge is 2.57. The van der Waals surface area contributed by atoms with Crippen LogP contribution in [-0.4, -0.2) is 151 Å². The monoisotopic (exact) mass is 737 g/mol. The maximum Gasteiger partial charge on any atom is 0.255 e. The molecule has 2 aromatic carbocycles. The van der Waals surface area contributed by atoms with E-state index in [1.54, 1.807) is 13.2 Å². The Hall–Kier alpha value is -3.71. The van der Waals surface area contributed by atoms with Gasteiger partial charge >= 0.3 is 0 Å². The standard InChI is InChI=1S/C37H43N3O13/c1-17-32-20(40-8-10-49-34(48-3)33(40)53-32)11-23(51-17)52-22-13-37(46,35(45)39-15-36(16-39)14-38-7-9-50-36)12-19-25(22)31(44)27-26(29(19)42)28(41)18-5-4-6-21(47-2)24(18)30(27)43/h4-6,17,20,22-23,32-34,38,42,44,46H,7-16H2,1-3H3/t17-,20-,22-,23-,32+,33+,34-,37-/m0/s1. The number of phenols is 2. The number of aliphatic hydroxyl groups is 1. The second-order valence-electron chi connectivity index (χ2n) is 15.1. The van der Waals surface area contributed by atoms with Crippen molar-refractivity contribution in [1.29, 1.82) is 0 Å². The Bertz CT molecular complexity index is 1870. The number of likely N-dealkylation sites (tertiary alicyclic amines) is 1. The Labute approximate surface area is 304 Å². The Kier molecular flexibility index (Phi) is 8.38. The number of rotatable bonds is 5. The minimum atomic E-state index is -2.12. The van der Waals surface area contributed by atoms with Gasteiger partial charge in [-0.25, -0.2) is 0 Å². The van der Waals surface area contributed by atoms with Crippen LogP contribution in [0.5, 0.6) is 17.2 Å². The van der Waals surface area contributed by atoms with Crippen LogP contribution < -0.4 is 10.1 Å². The molecule has 1 spiro atoms. The van der Waals surface area contributed by atoms with Crippen molar-refractivity contribution in [3.05, 3.63) is 51.6 Å². The van der Waals surface area contributed by atoms with E-state index in [0.717, 1.165) is 0 Å². The van der Waals surface area contributed by atoms with Gasteiger partial charge in [-0.1, -0.05) is 12.1 Å². The first-order valence-electron chi connectivity index (χ1n) is 18.1. The Morgan fingerprint density at radius 3 is 2.57 bits per heavy atom. The summed E-state index contributed by atoms with van der Waals surface area (Å²) in [5.41, 5.74) is -3.60. The second-order valence-corrected chi connectivity index (χ2v) is 15.1. The Morgan fingerprint density at radius 1 is 1.04 bits per heavy atom. The minimum Gasteiger partial charge on any atom is -0.507 e. The molecule has 0 unspecified atom stereocenters. The molecule has 5 aliphatic heterocycles. The summed E-state index contributed by atoms with van der Waals surface area (Å²) in [5, 5.41) is 39.5. The molecule has 284 valence electrons. The number of amides is 1. The average Bonchev–Trinajstić information content (AvgIpc) is 3.53. The molecule has 0 radical (unpaired) electrons. The van der Waals surface area contributed by atoms with Gasteiger partial charge in [-0.2, -0.15) is 0 Å². The first-order valence-corrected chi connectivity index (χ1v) is 18.1. The first kappa shape index (κ1) is 35.0. The van der Waals surface area contributed by atoms with Crippen molar-refractivity contribution in [3.63, 3.8) is 0 Å². The second kappa shape index (κ2) is 12.7. The third-order valence-electron chi connectivity index (χ3n) is 12.0. The summed E-state index contributed by atoms with van der Waals surface area (Å²) in [6.45, 7) is 5.15. The van der Waals surface area contributed by atoms with E-state index >= 15 is 0 Å². The van der Waals surface area contributed by atoms with Gasteiger partial charge in [-0.05, 0) is 13.0 Å². The zero-order valence-corrected chi connectivity index (χ0v) is 29.7. The highest BCUT2D eigenvalue weighted by Crippen LogP contribution is 2.53. The first-order chi connectivity index (χ1) is 25.5. The smallest absolute Gasteiger partial charge is 0.255 e. The summed E-state index contributed by atoms with van der Waals surface area (Å²) in [6.07, 6.45) is -4.45. The van der Waals surface area contributed by atoms with Gasteiger partial charge in [0.25, 0.3) is 5.91 Å². The normalized spacial score (nSPS) is 34.4. The molecule has 2 aromatic rings. The number of morpholine rings is 2. The quantitative estimate of drug-likeness (QED) is 0.262. The van der Waals surface area contributed by atoms with Gasteiger partial charge < -0.3 is 58.7 Å². The van der Waals surface area contributed by atoms with E-state index in [-0.39, 0.29) is 59.7 Å². The van der Waals surface area contributed by atoms with Crippen molar-refractivity contribution in [2.24, 2.45) is 0 Å². The number of fused-ring (bicyclic) bond motifs is 6. The number of nitrogens with one attached hydrogen (secondary N) is 1. The molecule has 7 aliphatic rings. The van der Waals surface area contributed by atoms with Gasteiger partial charge in [0.2, 0.25) is 5.78 Å². The van der Waals surface area contributed by atoms with Crippen LogP contribution >= 0.6 is 0 Å². The zero-order valence-electron chi connectivity index (χ0n) is 29.7. The number of aromatic hydroxyl groups is 2. The molecule has 16 heteroatoms. The third-order valence-corrected chi connectivity index (χ3v) is 12.0. The van der Waals surface area contributed by atoms with Crippen LogP contribution in [0.15, 0.2) is 18.2 Å². The summed E-state index contributed by atoms with van der Waals surface area (Å²) < 4.78 is 42.0. The number of benzene rings is 2. The SMILES string of the molecule is COc1cccc2c1C(=O)c1c(O)c3c(c(O)c1C2=O)C[C@@](O)(C(=O)N1CC2(CNCCO2)C1)C[C@@H]3O[C@H]1C[C@H]2[C@H](O[C@@H]3[C@@H](OC)OCCN32)[C@H](C)O1. The van der Waals surface area contributed by atoms with Crippen LogP contribution in [0.2, 0.25) is 0 Å². The van der Waals surface area contributed by atoms with Crippen molar-refractivity contribution < 1.29 is 62.9 Å². The van der Waals surface area contributed by atoms with E-state index in [9.17, 15) is 29.7 Å². The molecule has 2 aliphatic carbocycles. The van der Waals surface area contributed by atoms with E-state index in [4.69, 9.17) is 33.2 Å². The molecule has 0 bridgehead atoms. The van der Waals surface area contributed by atoms with Crippen molar-refractivity contribution in [2.45, 2.75) is 80.5 Å². The summed E-state index contributed by atoms with van der Waals surface area (Å²) in [6, 6.07) is 4.37. The zero-order chi connectivity index (χ0) is 37.0. The molecule has 8 atom stereocenters. The van der Waals surface area contributed by atoms with Crippen LogP contribution in [0.1, 0.15) is 68.8 Å². The molecule has 0 saturated carbocycles. The van der Waals surface area contributed by atoms with Gasteiger partial charge in [-0.3, -0.25) is 19.3 Å². The predicted molar refractivity (Wildman–Crippen MR) is 180 cm³/mol. The third kappa shape index (κ3) is 5.26. The van der Waals surface area contributed by atoms with Crippen LogP contribution in [-0.2, 0) is 39.6 Å². The van der Waals surface area contributed by atoms with Gasteiger partial charge in [0.1, 0.15) is 34.6 Å². The lowest BCUT2D eigenvalue weighted by Crippen LogP contribution is -2.73. The Balaban J connectivity index is 1.09. The molecular weight excluding hydrogens is 694 g/mol. The van der Waals surface area contributed by atoms with Crippen LogP contribution in [0.4, 0.5) is 0 Å². The van der Waals surface area contributed by atoms with Gasteiger partial charge in [0.05, 0.1) is 62.3 Å². The van der Waals surface area contributed by atoms with Crippen LogP contribution in [0.3, 0.4) is 0 Å². The van der Waals surface area contributed by atoms with Crippen molar-refractivity contribution in [3.8, 4) is 17.2 Å². The number of carbonyl (C=O) groups excluding carboxylic acids is 3. The fraction of sp³-hybridized carbons (Fsp3) is 0.595. The lowest BCUT2D eigenvalue weighted by Gasteiger charge is -2.53. The maximum atomic E-state index is 14.2. The van der Waals surface area contributed by atoms with Gasteiger partial charge in [0, 0.05) is 68.7 Å². The highest BCUT2D eigenvalue weighted by atomic mass is 16.7. The van der Waals surface area contributed by atoms with Gasteiger partial charge in [-0.15, -0.1) is 0 Å². The molecule has 53 heavy (non-hydrogen) atoms. The summed E-state index contributed by atoms with van der Waals surface area (Å²) in [7, 11) is 2.92. The van der Waals surface area contributed by atoms with Crippen molar-refractivity contribution in [1.82, 2.24) is 15.1 Å². The number of nitrogens with zero attached hydrogens (tertiary/aromatic N) is 2. The molecule has 9 rings (SSSR count). The average molecular weight is 738 g/mol. The molecule has 16 nitrogen and oxygen atoms in total. The van der Waals surface area contributed by atoms with Crippen molar-refractivity contribution in [2.75, 3.05) is 60.2 Å². The molecule has 5 fully saturated rings. The van der Waals surface area contributed by atoms with Gasteiger partial charge in [0.15, 0.2) is 24.6 Å². The van der Waals surface area contributed by atoms with Crippen molar-refractivity contribution >= 4 is 17.5 Å². The molecule has 0 aromatic heterocycles. The number of ether oxygens (including phenoxy) is 7. The lowest BCUT2D eigenvalue weighted by atomic mass is 9.72.